The van der Waals surface area contributed by atoms with E-state index in [1.165, 1.54) is 63.8 Å². The predicted octanol–water partition coefficient (Wildman–Crippen LogP) is 5.47. The van der Waals surface area contributed by atoms with Crippen LogP contribution >= 0.6 is 0 Å². The van der Waals surface area contributed by atoms with Crippen LogP contribution in [0.5, 0.6) is 0 Å². The van der Waals surface area contributed by atoms with Crippen LogP contribution in [-0.4, -0.2) is 36.6 Å². The van der Waals surface area contributed by atoms with E-state index < -0.39 is 16.5 Å². The Hall–Kier alpha value is 0.571. The van der Waals surface area contributed by atoms with Gasteiger partial charge in [0.25, 0.3) is 0 Å². The molecule has 0 fully saturated rings. The molecule has 2 nitrogen and oxygen atoms in total. The van der Waals surface area contributed by atoms with Crippen molar-refractivity contribution in [3.8, 4) is 0 Å². The lowest BCUT2D eigenvalue weighted by Crippen LogP contribution is -2.60. The number of nitrogens with two attached hydrogens (primary N) is 1. The molecule has 0 aliphatic heterocycles. The Balaban J connectivity index is 3.59. The molecule has 2 radical (unpaired) electrons. The molecular weight excluding hydrogens is 316 g/mol. The third-order valence-electron chi connectivity index (χ3n) is 3.99. The van der Waals surface area contributed by atoms with Gasteiger partial charge in [-0.2, -0.15) is 0 Å². The lowest BCUT2D eigenvalue weighted by Gasteiger charge is -2.43. The Labute approximate surface area is 145 Å². The molecule has 0 atom stereocenters. The molecule has 0 aromatic rings. The quantitative estimate of drug-likeness (QED) is 0.330. The second kappa shape index (κ2) is 12.0. The third kappa shape index (κ3) is 12.0. The molecule has 0 saturated carbocycles. The first-order chi connectivity index (χ1) is 10.2. The van der Waals surface area contributed by atoms with Gasteiger partial charge in [0.05, 0.1) is 0 Å². The summed E-state index contributed by atoms with van der Waals surface area (Å²) in [4.78, 5) is 0. The molecule has 0 aromatic carbocycles. The van der Waals surface area contributed by atoms with E-state index in [1.807, 2.05) is 0 Å². The van der Waals surface area contributed by atoms with Crippen LogP contribution in [0.1, 0.15) is 57.8 Å². The first-order valence-corrected chi connectivity index (χ1v) is 17.5. The Morgan fingerprint density at radius 3 is 1.36 bits per heavy atom. The van der Waals surface area contributed by atoms with Crippen LogP contribution in [0.3, 0.4) is 0 Å². The molecule has 0 saturated heterocycles. The van der Waals surface area contributed by atoms with Gasteiger partial charge in [-0.25, -0.2) is 0 Å². The molecule has 0 aliphatic carbocycles. The van der Waals surface area contributed by atoms with Crippen molar-refractivity contribution in [3.63, 3.8) is 0 Å². The van der Waals surface area contributed by atoms with Crippen molar-refractivity contribution in [1.29, 1.82) is 0 Å². The number of rotatable bonds is 14. The molecule has 0 bridgehead atoms. The zero-order chi connectivity index (χ0) is 17.1. The van der Waals surface area contributed by atoms with E-state index in [4.69, 9.17) is 5.73 Å². The fourth-order valence-corrected chi connectivity index (χ4v) is 16.3. The van der Waals surface area contributed by atoms with Gasteiger partial charge in [-0.3, -0.25) is 0 Å². The van der Waals surface area contributed by atoms with Gasteiger partial charge in [-0.05, 0) is 19.0 Å². The van der Waals surface area contributed by atoms with E-state index >= 15 is 0 Å². The van der Waals surface area contributed by atoms with Crippen LogP contribution in [0.15, 0.2) is 0 Å². The van der Waals surface area contributed by atoms with Crippen LogP contribution in [0.25, 0.3) is 0 Å². The predicted molar refractivity (Wildman–Crippen MR) is 110 cm³/mol. The van der Waals surface area contributed by atoms with Gasteiger partial charge in [0, 0.05) is 0 Å². The van der Waals surface area contributed by atoms with Crippen molar-refractivity contribution < 1.29 is 0 Å². The molecule has 0 spiro atoms. The topological polar surface area (TPSA) is 29.3 Å². The van der Waals surface area contributed by atoms with Crippen LogP contribution < -0.4 is 5.73 Å². The fourth-order valence-electron chi connectivity index (χ4n) is 3.18. The summed E-state index contributed by atoms with van der Waals surface area (Å²) in [7, 11) is -1.16. The van der Waals surface area contributed by atoms with Crippen molar-refractivity contribution in [3.05, 3.63) is 0 Å². The normalized spacial score (nSPS) is 13.1. The summed E-state index contributed by atoms with van der Waals surface area (Å²) in [6, 6.07) is 1.44. The Bertz CT molecular complexity index is 246. The molecule has 0 aromatic heterocycles. The van der Waals surface area contributed by atoms with Crippen molar-refractivity contribution in [2.24, 2.45) is 5.73 Å². The Kier molecular flexibility index (Phi) is 12.3. The first-order valence-electron chi connectivity index (χ1n) is 9.43. The van der Waals surface area contributed by atoms with Crippen molar-refractivity contribution in [1.82, 2.24) is 3.90 Å². The summed E-state index contributed by atoms with van der Waals surface area (Å²) in [5, 5.41) is 0. The summed E-state index contributed by atoms with van der Waals surface area (Å²) in [5.74, 6) is 0. The van der Waals surface area contributed by atoms with Crippen LogP contribution in [-0.2, 0) is 0 Å². The average Bonchev–Trinajstić information content (AvgIpc) is 2.37. The van der Waals surface area contributed by atoms with E-state index in [0.29, 0.717) is 0 Å². The summed E-state index contributed by atoms with van der Waals surface area (Å²) >= 11 is 0. The Morgan fingerprint density at radius 2 is 1.00 bits per heavy atom. The summed E-state index contributed by atoms with van der Waals surface area (Å²) in [5.41, 5.74) is 5.51. The largest absolute Gasteiger partial charge is 0.371 e. The maximum atomic E-state index is 5.51. The van der Waals surface area contributed by atoms with Crippen LogP contribution in [0.4, 0.5) is 0 Å². The minimum Gasteiger partial charge on any atom is -0.371 e. The molecule has 0 unspecified atom stereocenters. The standard InChI is InChI=1S/C17H42N2Si3/c1-21(2,3)19(22(4,5)6)20-17-15-13-11-9-7-8-10-12-14-16-18/h7-18H2,1-6H3. The fraction of sp³-hybridized carbons (Fsp3) is 1.00. The summed E-state index contributed by atoms with van der Waals surface area (Å²) < 4.78 is 2.96. The highest BCUT2D eigenvalue weighted by Gasteiger charge is 2.33. The van der Waals surface area contributed by atoms with Gasteiger partial charge in [0.1, 0.15) is 26.2 Å². The molecular formula is C17H42N2Si3. The van der Waals surface area contributed by atoms with E-state index in [-0.39, 0.29) is 0 Å². The van der Waals surface area contributed by atoms with E-state index in [1.54, 1.807) is 0 Å². The van der Waals surface area contributed by atoms with Gasteiger partial charge >= 0.3 is 0 Å². The molecule has 0 rings (SSSR count). The number of unbranched alkanes of at least 4 members (excludes halogenated alkanes) is 8. The maximum absolute atomic E-state index is 5.51. The van der Waals surface area contributed by atoms with E-state index in [9.17, 15) is 0 Å². The lowest BCUT2D eigenvalue weighted by molar-refractivity contribution is 0.566. The average molecular weight is 359 g/mol. The van der Waals surface area contributed by atoms with Gasteiger partial charge in [-0.1, -0.05) is 90.6 Å². The van der Waals surface area contributed by atoms with Gasteiger partial charge in [0.2, 0.25) is 0 Å². The zero-order valence-corrected chi connectivity index (χ0v) is 19.3. The van der Waals surface area contributed by atoms with E-state index in [2.05, 4.69) is 43.2 Å². The monoisotopic (exact) mass is 358 g/mol. The van der Waals surface area contributed by atoms with Crippen molar-refractivity contribution in [2.45, 2.75) is 103 Å². The minimum absolute atomic E-state index is 0.868. The second-order valence-corrected chi connectivity index (χ2v) is 20.7. The number of hydrogen-bond acceptors (Lipinski definition) is 2. The van der Waals surface area contributed by atoms with Gasteiger partial charge in [0.15, 0.2) is 0 Å². The molecule has 22 heavy (non-hydrogen) atoms. The molecule has 0 heterocycles. The maximum Gasteiger partial charge on any atom is 0.126 e. The van der Waals surface area contributed by atoms with Crippen molar-refractivity contribution >= 4 is 26.2 Å². The van der Waals surface area contributed by atoms with Gasteiger partial charge < -0.3 is 9.63 Å². The molecule has 5 heteroatoms. The highest BCUT2D eigenvalue weighted by Crippen LogP contribution is 2.20. The molecule has 0 amide bonds. The highest BCUT2D eigenvalue weighted by atomic mass is 28.5. The first kappa shape index (κ1) is 22.6. The smallest absolute Gasteiger partial charge is 0.126 e. The second-order valence-electron chi connectivity index (χ2n) is 8.56. The third-order valence-corrected chi connectivity index (χ3v) is 16.6. The van der Waals surface area contributed by atoms with Crippen LogP contribution in [0, 0.1) is 0 Å². The molecule has 0 aliphatic rings. The highest BCUT2D eigenvalue weighted by molar-refractivity contribution is 6.96. The van der Waals surface area contributed by atoms with E-state index in [0.717, 1.165) is 16.2 Å². The zero-order valence-electron chi connectivity index (χ0n) is 16.3. The molecule has 132 valence electrons. The van der Waals surface area contributed by atoms with Crippen molar-refractivity contribution in [2.75, 3.05) is 6.54 Å². The van der Waals surface area contributed by atoms with Gasteiger partial charge in [-0.15, -0.1) is 0 Å². The Morgan fingerprint density at radius 1 is 0.636 bits per heavy atom. The number of hydrogen-bond donors (Lipinski definition) is 1. The summed E-state index contributed by atoms with van der Waals surface area (Å²) in [6.07, 6.45) is 12.6. The molecule has 2 N–H and O–H groups in total. The number of nitrogens with zero attached hydrogens (tertiary/aromatic N) is 1. The minimum atomic E-state index is -1.12. The summed E-state index contributed by atoms with van der Waals surface area (Å²) in [6.45, 7) is 16.0. The lowest BCUT2D eigenvalue weighted by atomic mass is 10.1. The SMILES string of the molecule is C[Si](C)(C)N([Si]CCCCCCCCCCCN)[Si](C)(C)C. The van der Waals surface area contributed by atoms with Crippen LogP contribution in [0.2, 0.25) is 45.3 Å².